The van der Waals surface area contributed by atoms with Crippen LogP contribution in [0.2, 0.25) is 0 Å². The van der Waals surface area contributed by atoms with Crippen molar-refractivity contribution >= 4 is 5.91 Å². The maximum atomic E-state index is 12.3. The first kappa shape index (κ1) is 9.34. The predicted molar refractivity (Wildman–Crippen MR) is 36.3 cm³/mol. The molecule has 6 heteroatoms. The average molecular weight is 180 g/mol. The van der Waals surface area contributed by atoms with Crippen LogP contribution in [-0.2, 0) is 4.79 Å². The highest BCUT2D eigenvalue weighted by Crippen LogP contribution is 2.45. The van der Waals surface area contributed by atoms with E-state index < -0.39 is 36.3 Å². The molecule has 0 radical (unpaired) electrons. The van der Waals surface area contributed by atoms with Crippen LogP contribution in [0.1, 0.15) is 12.8 Å². The monoisotopic (exact) mass is 180 g/mol. The molecule has 0 saturated heterocycles. The van der Waals surface area contributed by atoms with Crippen LogP contribution in [0.3, 0.4) is 0 Å². The van der Waals surface area contributed by atoms with Gasteiger partial charge in [0.25, 0.3) is 5.92 Å². The molecule has 1 aliphatic carbocycles. The van der Waals surface area contributed by atoms with E-state index in [4.69, 9.17) is 16.6 Å². The van der Waals surface area contributed by atoms with Gasteiger partial charge in [0.2, 0.25) is 5.91 Å². The van der Waals surface area contributed by atoms with E-state index in [1.165, 1.54) is 0 Å². The van der Waals surface area contributed by atoms with E-state index in [0.29, 0.717) is 0 Å². The highest BCUT2D eigenvalue weighted by molar-refractivity contribution is 5.80. The molecule has 1 aliphatic rings. The van der Waals surface area contributed by atoms with Gasteiger partial charge in [0.05, 0.1) is 5.54 Å². The molecule has 1 fully saturated rings. The standard InChI is InChI=1S/C6H10F2N2O2/c7-6(8)1-5(10,2-6)3(11)4(9)12/h3,11H,1-2,10H2,(H2,9,12)/t3-/m0/s1. The maximum Gasteiger partial charge on any atom is 0.251 e. The van der Waals surface area contributed by atoms with Crippen molar-refractivity contribution in [2.75, 3.05) is 0 Å². The fourth-order valence-corrected chi connectivity index (χ4v) is 1.39. The van der Waals surface area contributed by atoms with Crippen LogP contribution in [-0.4, -0.2) is 28.6 Å². The highest BCUT2D eigenvalue weighted by Gasteiger charge is 2.59. The van der Waals surface area contributed by atoms with Crippen molar-refractivity contribution in [3.05, 3.63) is 0 Å². The molecular formula is C6H10F2N2O2. The third-order valence-corrected chi connectivity index (χ3v) is 1.99. The molecular weight excluding hydrogens is 170 g/mol. The lowest BCUT2D eigenvalue weighted by Crippen LogP contribution is -2.67. The summed E-state index contributed by atoms with van der Waals surface area (Å²) in [4.78, 5) is 10.4. The van der Waals surface area contributed by atoms with Crippen molar-refractivity contribution in [2.45, 2.75) is 30.4 Å². The maximum absolute atomic E-state index is 12.3. The zero-order valence-corrected chi connectivity index (χ0v) is 6.26. The summed E-state index contributed by atoms with van der Waals surface area (Å²) in [5, 5.41) is 9.00. The second-order valence-corrected chi connectivity index (χ2v) is 3.25. The van der Waals surface area contributed by atoms with Crippen molar-refractivity contribution in [2.24, 2.45) is 11.5 Å². The number of carbonyl (C=O) groups excluding carboxylic acids is 1. The summed E-state index contributed by atoms with van der Waals surface area (Å²) in [5.41, 5.74) is 8.47. The van der Waals surface area contributed by atoms with E-state index in [2.05, 4.69) is 0 Å². The van der Waals surface area contributed by atoms with Gasteiger partial charge in [0.15, 0.2) is 6.10 Å². The SMILES string of the molecule is NC(=O)[C@H](O)C1(N)CC(F)(F)C1. The first-order chi connectivity index (χ1) is 5.27. The number of carbonyl (C=O) groups is 1. The molecule has 1 rings (SSSR count). The van der Waals surface area contributed by atoms with Gasteiger partial charge in [0, 0.05) is 12.8 Å². The molecule has 1 atom stereocenters. The van der Waals surface area contributed by atoms with Crippen LogP contribution < -0.4 is 11.5 Å². The molecule has 0 bridgehead atoms. The normalized spacial score (nSPS) is 27.3. The van der Waals surface area contributed by atoms with Crippen molar-refractivity contribution in [1.29, 1.82) is 0 Å². The Hall–Kier alpha value is -0.750. The molecule has 0 aromatic rings. The Morgan fingerprint density at radius 1 is 1.50 bits per heavy atom. The first-order valence-electron chi connectivity index (χ1n) is 3.41. The number of amides is 1. The van der Waals surface area contributed by atoms with Gasteiger partial charge in [0.1, 0.15) is 0 Å². The first-order valence-corrected chi connectivity index (χ1v) is 3.41. The molecule has 0 aliphatic heterocycles. The number of halogens is 2. The van der Waals surface area contributed by atoms with Crippen LogP contribution in [0, 0.1) is 0 Å². The van der Waals surface area contributed by atoms with Gasteiger partial charge in [-0.2, -0.15) is 0 Å². The highest BCUT2D eigenvalue weighted by atomic mass is 19.3. The zero-order valence-electron chi connectivity index (χ0n) is 6.26. The number of primary amides is 1. The molecule has 0 aromatic heterocycles. The van der Waals surface area contributed by atoms with Crippen LogP contribution in [0.5, 0.6) is 0 Å². The van der Waals surface area contributed by atoms with Crippen molar-refractivity contribution in [3.8, 4) is 0 Å². The van der Waals surface area contributed by atoms with Crippen LogP contribution in [0.4, 0.5) is 8.78 Å². The minimum Gasteiger partial charge on any atom is -0.381 e. The Labute approximate surface area is 67.5 Å². The van der Waals surface area contributed by atoms with Gasteiger partial charge in [-0.25, -0.2) is 8.78 Å². The third-order valence-electron chi connectivity index (χ3n) is 1.99. The number of aliphatic hydroxyl groups excluding tert-OH is 1. The summed E-state index contributed by atoms with van der Waals surface area (Å²) in [6.07, 6.45) is -3.06. The van der Waals surface area contributed by atoms with Gasteiger partial charge in [-0.15, -0.1) is 0 Å². The summed E-state index contributed by atoms with van der Waals surface area (Å²) in [6.45, 7) is 0. The van der Waals surface area contributed by atoms with Crippen LogP contribution >= 0.6 is 0 Å². The second kappa shape index (κ2) is 2.37. The topological polar surface area (TPSA) is 89.3 Å². The van der Waals surface area contributed by atoms with E-state index in [0.717, 1.165) is 0 Å². The Bertz CT molecular complexity index is 212. The van der Waals surface area contributed by atoms with Gasteiger partial charge in [-0.1, -0.05) is 0 Å². The second-order valence-electron chi connectivity index (χ2n) is 3.25. The summed E-state index contributed by atoms with van der Waals surface area (Å²) in [6, 6.07) is 0. The number of rotatable bonds is 2. The Balaban J connectivity index is 2.60. The molecule has 0 spiro atoms. The Morgan fingerprint density at radius 3 is 2.17 bits per heavy atom. The lowest BCUT2D eigenvalue weighted by Gasteiger charge is -2.46. The average Bonchev–Trinajstić information content (AvgIpc) is 1.81. The zero-order chi connectivity index (χ0) is 9.57. The van der Waals surface area contributed by atoms with Gasteiger partial charge < -0.3 is 16.6 Å². The van der Waals surface area contributed by atoms with Crippen molar-refractivity contribution in [3.63, 3.8) is 0 Å². The van der Waals surface area contributed by atoms with E-state index in [9.17, 15) is 13.6 Å². The predicted octanol–water partition coefficient (Wildman–Crippen LogP) is -1.04. The molecule has 5 N–H and O–H groups in total. The van der Waals surface area contributed by atoms with Crippen molar-refractivity contribution < 1.29 is 18.7 Å². The molecule has 4 nitrogen and oxygen atoms in total. The molecule has 0 unspecified atom stereocenters. The van der Waals surface area contributed by atoms with E-state index >= 15 is 0 Å². The number of alkyl halides is 2. The number of nitrogens with two attached hydrogens (primary N) is 2. The van der Waals surface area contributed by atoms with E-state index in [-0.39, 0.29) is 0 Å². The van der Waals surface area contributed by atoms with Gasteiger partial charge in [-0.05, 0) is 0 Å². The largest absolute Gasteiger partial charge is 0.381 e. The lowest BCUT2D eigenvalue weighted by atomic mass is 9.70. The minimum atomic E-state index is -2.87. The third kappa shape index (κ3) is 1.39. The lowest BCUT2D eigenvalue weighted by molar-refractivity contribution is -0.164. The summed E-state index contributed by atoms with van der Waals surface area (Å²) in [5.74, 6) is -3.93. The smallest absolute Gasteiger partial charge is 0.251 e. The molecule has 0 aromatic carbocycles. The summed E-state index contributed by atoms with van der Waals surface area (Å²) >= 11 is 0. The number of hydrogen-bond donors (Lipinski definition) is 3. The summed E-state index contributed by atoms with van der Waals surface area (Å²) in [7, 11) is 0. The van der Waals surface area contributed by atoms with E-state index in [1.54, 1.807) is 0 Å². The van der Waals surface area contributed by atoms with Crippen LogP contribution in [0.25, 0.3) is 0 Å². The quantitative estimate of drug-likeness (QED) is 0.507. The fraction of sp³-hybridized carbons (Fsp3) is 0.833. The molecule has 1 saturated carbocycles. The summed E-state index contributed by atoms with van der Waals surface area (Å²) < 4.78 is 24.6. The molecule has 70 valence electrons. The molecule has 1 amide bonds. The van der Waals surface area contributed by atoms with Gasteiger partial charge in [-0.3, -0.25) is 4.79 Å². The van der Waals surface area contributed by atoms with Crippen LogP contribution in [0.15, 0.2) is 0 Å². The molecule has 12 heavy (non-hydrogen) atoms. The van der Waals surface area contributed by atoms with Crippen molar-refractivity contribution in [1.82, 2.24) is 0 Å². The number of aliphatic hydroxyl groups is 1. The Morgan fingerprint density at radius 2 is 1.92 bits per heavy atom. The number of hydrogen-bond acceptors (Lipinski definition) is 3. The van der Waals surface area contributed by atoms with Gasteiger partial charge >= 0.3 is 0 Å². The molecule has 0 heterocycles. The fourth-order valence-electron chi connectivity index (χ4n) is 1.39. The van der Waals surface area contributed by atoms with E-state index in [1.807, 2.05) is 0 Å². The minimum absolute atomic E-state index is 0.690. The Kier molecular flexibility index (Phi) is 1.84.